The molecular weight excluding hydrogens is 329 g/mol. The number of hydrogen-bond donors (Lipinski definition) is 0. The summed E-state index contributed by atoms with van der Waals surface area (Å²) in [5, 5.41) is 0. The molecule has 92 valence electrons. The summed E-state index contributed by atoms with van der Waals surface area (Å²) < 4.78 is 14.8. The van der Waals surface area contributed by atoms with Crippen molar-refractivity contribution in [1.29, 1.82) is 0 Å². The van der Waals surface area contributed by atoms with Gasteiger partial charge in [0.25, 0.3) is 0 Å². The molecule has 0 spiro atoms. The zero-order valence-corrected chi connectivity index (χ0v) is 11.5. The summed E-state index contributed by atoms with van der Waals surface area (Å²) in [6.45, 7) is 1.63. The Morgan fingerprint density at radius 1 is 1.38 bits per heavy atom. The highest BCUT2D eigenvalue weighted by atomic mass is 127. The van der Waals surface area contributed by atoms with E-state index in [9.17, 15) is 9.59 Å². The molecule has 1 aliphatic heterocycles. The van der Waals surface area contributed by atoms with Crippen LogP contribution in [0, 0.1) is 0 Å². The molecule has 1 aliphatic rings. The van der Waals surface area contributed by atoms with Gasteiger partial charge < -0.3 is 14.2 Å². The second kappa shape index (κ2) is 5.67. The third kappa shape index (κ3) is 2.76. The Kier molecular flexibility index (Phi) is 4.78. The van der Waals surface area contributed by atoms with Crippen LogP contribution < -0.4 is 0 Å². The second-order valence-electron chi connectivity index (χ2n) is 3.34. The number of alkyl halides is 1. The Morgan fingerprint density at radius 3 is 2.44 bits per heavy atom. The topological polar surface area (TPSA) is 65.1 Å². The summed E-state index contributed by atoms with van der Waals surface area (Å²) in [5.74, 6) is -0.367. The average molecular weight is 343 g/mol. The van der Waals surface area contributed by atoms with Gasteiger partial charge in [-0.25, -0.2) is 4.79 Å². The van der Waals surface area contributed by atoms with Gasteiger partial charge in [0.2, 0.25) is 0 Å². The van der Waals surface area contributed by atoms with E-state index in [-0.39, 0.29) is 16.0 Å². The SMILES string of the molecule is COC(=O)N1C[C@H](OC(C)=O)[C@H](I)[C@H]1OC. The number of amides is 1. The molecule has 1 fully saturated rings. The van der Waals surface area contributed by atoms with Gasteiger partial charge in [-0.05, 0) is 0 Å². The van der Waals surface area contributed by atoms with Gasteiger partial charge in [0.1, 0.15) is 6.10 Å². The van der Waals surface area contributed by atoms with Gasteiger partial charge in [-0.2, -0.15) is 0 Å². The standard InChI is InChI=1S/C9H14INO5/c1-5(12)16-6-4-11(9(13)15-3)8(14-2)7(6)10/h6-8H,4H2,1-3H3/t6-,7-,8+/m0/s1. The Labute approximate surface area is 107 Å². The zero-order valence-electron chi connectivity index (χ0n) is 9.31. The van der Waals surface area contributed by atoms with Crippen molar-refractivity contribution in [3.8, 4) is 0 Å². The van der Waals surface area contributed by atoms with Crippen LogP contribution in [0.4, 0.5) is 4.79 Å². The first kappa shape index (κ1) is 13.5. The molecule has 3 atom stereocenters. The number of carbonyl (C=O) groups is 2. The Morgan fingerprint density at radius 2 is 2.00 bits per heavy atom. The quantitative estimate of drug-likeness (QED) is 0.421. The number of carbonyl (C=O) groups excluding carboxylic acids is 2. The fraction of sp³-hybridized carbons (Fsp3) is 0.778. The Hall–Kier alpha value is -0.570. The van der Waals surface area contributed by atoms with Gasteiger partial charge in [-0.15, -0.1) is 0 Å². The molecule has 0 saturated carbocycles. The molecule has 0 N–H and O–H groups in total. The van der Waals surface area contributed by atoms with Crippen LogP contribution in [0.5, 0.6) is 0 Å². The Balaban J connectivity index is 2.74. The molecule has 0 aliphatic carbocycles. The van der Waals surface area contributed by atoms with E-state index in [2.05, 4.69) is 27.3 Å². The van der Waals surface area contributed by atoms with Crippen molar-refractivity contribution in [2.75, 3.05) is 20.8 Å². The van der Waals surface area contributed by atoms with E-state index in [0.29, 0.717) is 6.54 Å². The lowest BCUT2D eigenvalue weighted by atomic mass is 10.3. The highest BCUT2D eigenvalue weighted by Crippen LogP contribution is 2.28. The normalized spacial score (nSPS) is 29.0. The predicted octanol–water partition coefficient (Wildman–Crippen LogP) is 0.776. The lowest BCUT2D eigenvalue weighted by Gasteiger charge is -2.22. The van der Waals surface area contributed by atoms with Crippen molar-refractivity contribution < 1.29 is 23.8 Å². The van der Waals surface area contributed by atoms with Crippen LogP contribution in [-0.2, 0) is 19.0 Å². The molecule has 0 aromatic rings. The van der Waals surface area contributed by atoms with Crippen molar-refractivity contribution in [2.24, 2.45) is 0 Å². The lowest BCUT2D eigenvalue weighted by molar-refractivity contribution is -0.145. The van der Waals surface area contributed by atoms with Crippen molar-refractivity contribution in [2.45, 2.75) is 23.2 Å². The minimum atomic E-state index is -0.483. The van der Waals surface area contributed by atoms with Crippen LogP contribution in [0.2, 0.25) is 0 Å². The minimum Gasteiger partial charge on any atom is -0.459 e. The van der Waals surface area contributed by atoms with E-state index in [1.165, 1.54) is 26.0 Å². The van der Waals surface area contributed by atoms with Crippen molar-refractivity contribution in [1.82, 2.24) is 4.90 Å². The number of methoxy groups -OCH3 is 2. The lowest BCUT2D eigenvalue weighted by Crippen LogP contribution is -2.39. The molecule has 1 saturated heterocycles. The largest absolute Gasteiger partial charge is 0.459 e. The first-order valence-corrected chi connectivity index (χ1v) is 5.94. The number of hydrogen-bond acceptors (Lipinski definition) is 5. The molecule has 7 heteroatoms. The van der Waals surface area contributed by atoms with Gasteiger partial charge in [0, 0.05) is 14.0 Å². The number of ether oxygens (including phenoxy) is 3. The third-order valence-corrected chi connectivity index (χ3v) is 3.70. The number of halogens is 1. The second-order valence-corrected chi connectivity index (χ2v) is 4.78. The van der Waals surface area contributed by atoms with Crippen LogP contribution in [0.1, 0.15) is 6.92 Å². The van der Waals surface area contributed by atoms with Crippen LogP contribution in [0.3, 0.4) is 0 Å². The summed E-state index contributed by atoms with van der Waals surface area (Å²) >= 11 is 2.10. The molecular formula is C9H14INO5. The van der Waals surface area contributed by atoms with Crippen LogP contribution in [0.15, 0.2) is 0 Å². The fourth-order valence-electron chi connectivity index (χ4n) is 1.62. The van der Waals surface area contributed by atoms with Crippen LogP contribution in [0.25, 0.3) is 0 Å². The molecule has 0 unspecified atom stereocenters. The average Bonchev–Trinajstić information content (AvgIpc) is 2.54. The maximum Gasteiger partial charge on any atom is 0.411 e. The highest BCUT2D eigenvalue weighted by molar-refractivity contribution is 14.1. The van der Waals surface area contributed by atoms with E-state index in [1.807, 2.05) is 0 Å². The molecule has 0 aromatic carbocycles. The third-order valence-electron chi connectivity index (χ3n) is 2.28. The van der Waals surface area contributed by atoms with Gasteiger partial charge in [0.15, 0.2) is 6.23 Å². The summed E-state index contributed by atoms with van der Waals surface area (Å²) in [4.78, 5) is 23.7. The molecule has 6 nitrogen and oxygen atoms in total. The van der Waals surface area contributed by atoms with Crippen LogP contribution >= 0.6 is 22.6 Å². The molecule has 1 heterocycles. The van der Waals surface area contributed by atoms with Gasteiger partial charge in [-0.1, -0.05) is 22.6 Å². The van der Waals surface area contributed by atoms with E-state index in [1.54, 1.807) is 0 Å². The summed E-state index contributed by atoms with van der Waals surface area (Å²) in [5.41, 5.74) is 0. The maximum absolute atomic E-state index is 11.4. The van der Waals surface area contributed by atoms with Crippen molar-refractivity contribution in [3.05, 3.63) is 0 Å². The molecule has 1 amide bonds. The molecule has 0 aromatic heterocycles. The molecule has 0 radical (unpaired) electrons. The number of nitrogens with zero attached hydrogens (tertiary/aromatic N) is 1. The zero-order chi connectivity index (χ0) is 12.3. The Bertz CT molecular complexity index is 285. The summed E-state index contributed by atoms with van der Waals surface area (Å²) in [6.07, 6.45) is -1.28. The first-order chi connectivity index (χ1) is 7.51. The van der Waals surface area contributed by atoms with Gasteiger partial charge >= 0.3 is 12.1 Å². The number of likely N-dealkylation sites (tertiary alicyclic amines) is 1. The molecule has 1 rings (SSSR count). The van der Waals surface area contributed by atoms with Crippen molar-refractivity contribution >= 4 is 34.7 Å². The van der Waals surface area contributed by atoms with E-state index >= 15 is 0 Å². The highest BCUT2D eigenvalue weighted by Gasteiger charge is 2.45. The van der Waals surface area contributed by atoms with E-state index in [4.69, 9.17) is 9.47 Å². The van der Waals surface area contributed by atoms with Gasteiger partial charge in [-0.3, -0.25) is 9.69 Å². The van der Waals surface area contributed by atoms with Gasteiger partial charge in [0.05, 0.1) is 17.6 Å². The fourth-order valence-corrected chi connectivity index (χ4v) is 2.68. The summed E-state index contributed by atoms with van der Waals surface area (Å²) in [6, 6.07) is 0. The van der Waals surface area contributed by atoms with E-state index < -0.39 is 12.3 Å². The number of rotatable bonds is 2. The smallest absolute Gasteiger partial charge is 0.411 e. The summed E-state index contributed by atoms with van der Waals surface area (Å²) in [7, 11) is 2.80. The molecule has 16 heavy (non-hydrogen) atoms. The molecule has 0 bridgehead atoms. The predicted molar refractivity (Wildman–Crippen MR) is 63.3 cm³/mol. The first-order valence-electron chi connectivity index (χ1n) is 4.70. The van der Waals surface area contributed by atoms with Crippen LogP contribution in [-0.4, -0.2) is 54.0 Å². The number of esters is 1. The monoisotopic (exact) mass is 343 g/mol. The van der Waals surface area contributed by atoms with E-state index in [0.717, 1.165) is 0 Å². The maximum atomic E-state index is 11.4. The van der Waals surface area contributed by atoms with Crippen molar-refractivity contribution in [3.63, 3.8) is 0 Å². The minimum absolute atomic E-state index is 0.106.